The summed E-state index contributed by atoms with van der Waals surface area (Å²) >= 11 is 0. The van der Waals surface area contributed by atoms with Crippen molar-refractivity contribution in [2.75, 3.05) is 13.2 Å². The molecule has 0 atom stereocenters. The third kappa shape index (κ3) is 5.68. The first-order valence-corrected chi connectivity index (χ1v) is 10.6. The molecule has 162 valence electrons. The summed E-state index contributed by atoms with van der Waals surface area (Å²) in [6.45, 7) is 3.74. The molecule has 0 aliphatic rings. The third-order valence-electron chi connectivity index (χ3n) is 4.95. The van der Waals surface area contributed by atoms with Crippen molar-refractivity contribution in [2.24, 2.45) is 0 Å². The van der Waals surface area contributed by atoms with E-state index in [4.69, 9.17) is 9.15 Å². The fraction of sp³-hybridized carbons (Fsp3) is 0.192. The minimum Gasteiger partial charge on any atom is -0.416 e. The van der Waals surface area contributed by atoms with Gasteiger partial charge in [-0.2, -0.15) is 0 Å². The standard InChI is InChI=1S/C26H25N3O3/c1-19-7-5-10-23(17-19)26-29-28-25(32-26)22-13-11-21(12-14-22)24(30)27-15-6-16-31-18-20-8-3-2-4-9-20/h2-5,7-14,17H,6,15-16,18H2,1H3,(H,27,30). The molecule has 1 heterocycles. The lowest BCUT2D eigenvalue weighted by Crippen LogP contribution is -2.25. The molecule has 0 unspecified atom stereocenters. The second-order valence-electron chi connectivity index (χ2n) is 7.51. The molecule has 0 spiro atoms. The van der Waals surface area contributed by atoms with Crippen LogP contribution in [0.4, 0.5) is 0 Å². The minimum absolute atomic E-state index is 0.120. The summed E-state index contributed by atoms with van der Waals surface area (Å²) in [5, 5.41) is 11.2. The maximum atomic E-state index is 12.4. The number of aryl methyl sites for hydroxylation is 1. The van der Waals surface area contributed by atoms with Gasteiger partial charge < -0.3 is 14.5 Å². The van der Waals surface area contributed by atoms with Gasteiger partial charge in [-0.15, -0.1) is 10.2 Å². The van der Waals surface area contributed by atoms with Crippen LogP contribution in [0.2, 0.25) is 0 Å². The smallest absolute Gasteiger partial charge is 0.251 e. The number of ether oxygens (including phenoxy) is 1. The number of hydrogen-bond donors (Lipinski definition) is 1. The van der Waals surface area contributed by atoms with Gasteiger partial charge in [0.1, 0.15) is 0 Å². The molecule has 1 aromatic heterocycles. The predicted octanol–water partition coefficient (Wildman–Crippen LogP) is 5.05. The summed E-state index contributed by atoms with van der Waals surface area (Å²) in [6.07, 6.45) is 0.750. The van der Waals surface area contributed by atoms with E-state index in [9.17, 15) is 4.79 Å². The van der Waals surface area contributed by atoms with Crippen molar-refractivity contribution in [3.63, 3.8) is 0 Å². The van der Waals surface area contributed by atoms with E-state index in [2.05, 4.69) is 15.5 Å². The van der Waals surface area contributed by atoms with E-state index in [1.807, 2.05) is 73.7 Å². The van der Waals surface area contributed by atoms with Gasteiger partial charge in [-0.3, -0.25) is 4.79 Å². The molecule has 3 aromatic carbocycles. The van der Waals surface area contributed by atoms with Gasteiger partial charge >= 0.3 is 0 Å². The summed E-state index contributed by atoms with van der Waals surface area (Å²) < 4.78 is 11.4. The highest BCUT2D eigenvalue weighted by molar-refractivity contribution is 5.94. The quantitative estimate of drug-likeness (QED) is 0.378. The van der Waals surface area contributed by atoms with Gasteiger partial charge in [0.2, 0.25) is 11.8 Å². The van der Waals surface area contributed by atoms with Crippen LogP contribution in [0, 0.1) is 6.92 Å². The Morgan fingerprint density at radius 2 is 1.66 bits per heavy atom. The van der Waals surface area contributed by atoms with Crippen molar-refractivity contribution >= 4 is 5.91 Å². The normalized spacial score (nSPS) is 10.8. The lowest BCUT2D eigenvalue weighted by Gasteiger charge is -2.07. The molecular formula is C26H25N3O3. The first-order chi connectivity index (χ1) is 15.7. The van der Waals surface area contributed by atoms with E-state index in [0.29, 0.717) is 37.1 Å². The van der Waals surface area contributed by atoms with Crippen LogP contribution in [0.1, 0.15) is 27.9 Å². The fourth-order valence-electron chi connectivity index (χ4n) is 3.24. The Labute approximate surface area is 187 Å². The largest absolute Gasteiger partial charge is 0.416 e. The molecule has 1 N–H and O–H groups in total. The zero-order valence-electron chi connectivity index (χ0n) is 18.0. The monoisotopic (exact) mass is 427 g/mol. The molecule has 32 heavy (non-hydrogen) atoms. The second-order valence-corrected chi connectivity index (χ2v) is 7.51. The van der Waals surface area contributed by atoms with Crippen molar-refractivity contribution in [1.82, 2.24) is 15.5 Å². The highest BCUT2D eigenvalue weighted by Gasteiger charge is 2.12. The second kappa shape index (κ2) is 10.5. The van der Waals surface area contributed by atoms with E-state index in [-0.39, 0.29) is 5.91 Å². The Morgan fingerprint density at radius 1 is 0.906 bits per heavy atom. The van der Waals surface area contributed by atoms with Crippen LogP contribution in [0.3, 0.4) is 0 Å². The van der Waals surface area contributed by atoms with Crippen LogP contribution in [0.5, 0.6) is 0 Å². The van der Waals surface area contributed by atoms with Gasteiger partial charge in [0.15, 0.2) is 0 Å². The van der Waals surface area contributed by atoms with Gasteiger partial charge in [0.25, 0.3) is 5.91 Å². The first kappa shape index (κ1) is 21.5. The van der Waals surface area contributed by atoms with Crippen LogP contribution in [-0.2, 0) is 11.3 Å². The predicted molar refractivity (Wildman–Crippen MR) is 123 cm³/mol. The van der Waals surface area contributed by atoms with E-state index >= 15 is 0 Å². The molecule has 6 heteroatoms. The molecule has 0 saturated heterocycles. The van der Waals surface area contributed by atoms with Gasteiger partial charge in [-0.05, 0) is 55.3 Å². The van der Waals surface area contributed by atoms with Crippen molar-refractivity contribution in [3.8, 4) is 22.9 Å². The summed E-state index contributed by atoms with van der Waals surface area (Å²) in [5.41, 5.74) is 4.50. The Bertz CT molecular complexity index is 1150. The molecule has 0 radical (unpaired) electrons. The summed E-state index contributed by atoms with van der Waals surface area (Å²) in [6, 6.07) is 25.1. The van der Waals surface area contributed by atoms with E-state index in [1.165, 1.54) is 0 Å². The number of carbonyl (C=O) groups excluding carboxylic acids is 1. The average Bonchev–Trinajstić information content (AvgIpc) is 3.32. The average molecular weight is 428 g/mol. The summed E-state index contributed by atoms with van der Waals surface area (Å²) in [4.78, 5) is 12.4. The van der Waals surface area contributed by atoms with Crippen molar-refractivity contribution < 1.29 is 13.9 Å². The Kier molecular flexibility index (Phi) is 7.05. The van der Waals surface area contributed by atoms with Crippen LogP contribution in [0.25, 0.3) is 22.9 Å². The topological polar surface area (TPSA) is 77.2 Å². The molecule has 0 saturated carbocycles. The molecule has 0 aliphatic carbocycles. The number of carbonyl (C=O) groups is 1. The number of nitrogens with zero attached hydrogens (tertiary/aromatic N) is 2. The zero-order valence-corrected chi connectivity index (χ0v) is 18.0. The van der Waals surface area contributed by atoms with Gasteiger partial charge in [-0.1, -0.05) is 48.0 Å². The third-order valence-corrected chi connectivity index (χ3v) is 4.95. The van der Waals surface area contributed by atoms with Gasteiger partial charge in [0, 0.05) is 29.8 Å². The maximum Gasteiger partial charge on any atom is 0.251 e. The molecule has 4 rings (SSSR count). The molecule has 1 amide bonds. The number of aromatic nitrogens is 2. The Morgan fingerprint density at radius 3 is 2.41 bits per heavy atom. The van der Waals surface area contributed by atoms with Crippen LogP contribution >= 0.6 is 0 Å². The lowest BCUT2D eigenvalue weighted by atomic mass is 10.1. The van der Waals surface area contributed by atoms with E-state index in [0.717, 1.165) is 28.7 Å². The first-order valence-electron chi connectivity index (χ1n) is 10.6. The number of benzene rings is 3. The van der Waals surface area contributed by atoms with Crippen molar-refractivity contribution in [1.29, 1.82) is 0 Å². The Balaban J connectivity index is 1.25. The van der Waals surface area contributed by atoms with E-state index < -0.39 is 0 Å². The molecule has 0 fully saturated rings. The highest BCUT2D eigenvalue weighted by Crippen LogP contribution is 2.24. The molecule has 6 nitrogen and oxygen atoms in total. The minimum atomic E-state index is -0.120. The van der Waals surface area contributed by atoms with Crippen LogP contribution < -0.4 is 5.32 Å². The van der Waals surface area contributed by atoms with Crippen molar-refractivity contribution in [3.05, 3.63) is 95.6 Å². The highest BCUT2D eigenvalue weighted by atomic mass is 16.5. The fourth-order valence-corrected chi connectivity index (χ4v) is 3.24. The zero-order chi connectivity index (χ0) is 22.2. The maximum absolute atomic E-state index is 12.4. The van der Waals surface area contributed by atoms with Crippen molar-refractivity contribution in [2.45, 2.75) is 20.0 Å². The number of rotatable bonds is 9. The molecule has 4 aromatic rings. The molecular weight excluding hydrogens is 402 g/mol. The summed E-state index contributed by atoms with van der Waals surface area (Å²) in [5.74, 6) is 0.773. The molecule has 0 bridgehead atoms. The SMILES string of the molecule is Cc1cccc(-c2nnc(-c3ccc(C(=O)NCCCOCc4ccccc4)cc3)o2)c1. The van der Waals surface area contributed by atoms with Crippen LogP contribution in [0.15, 0.2) is 83.3 Å². The number of hydrogen-bond acceptors (Lipinski definition) is 5. The van der Waals surface area contributed by atoms with Gasteiger partial charge in [0.05, 0.1) is 6.61 Å². The Hall–Kier alpha value is -3.77. The number of amides is 1. The van der Waals surface area contributed by atoms with Gasteiger partial charge in [-0.25, -0.2) is 0 Å². The van der Waals surface area contributed by atoms with Crippen LogP contribution in [-0.4, -0.2) is 29.3 Å². The molecule has 0 aliphatic heterocycles. The lowest BCUT2D eigenvalue weighted by molar-refractivity contribution is 0.0934. The summed E-state index contributed by atoms with van der Waals surface area (Å²) in [7, 11) is 0. The number of nitrogens with one attached hydrogen (secondary N) is 1. The van der Waals surface area contributed by atoms with E-state index in [1.54, 1.807) is 12.1 Å².